The molecular weight excluding hydrogens is 308 g/mol. The third-order valence-corrected chi connectivity index (χ3v) is 4.11. The van der Waals surface area contributed by atoms with Gasteiger partial charge in [0.25, 0.3) is 5.91 Å². The monoisotopic (exact) mass is 330 g/mol. The van der Waals surface area contributed by atoms with Crippen molar-refractivity contribution in [3.63, 3.8) is 0 Å². The van der Waals surface area contributed by atoms with E-state index in [0.717, 1.165) is 22.8 Å². The Balaban J connectivity index is 1.96. The Morgan fingerprint density at radius 2 is 1.96 bits per heavy atom. The summed E-state index contributed by atoms with van der Waals surface area (Å²) in [6.45, 7) is 6.62. The first-order valence-electron chi connectivity index (χ1n) is 8.02. The molecule has 0 bridgehead atoms. The van der Waals surface area contributed by atoms with Crippen molar-refractivity contribution in [2.45, 2.75) is 26.8 Å². The Morgan fingerprint density at radius 3 is 2.67 bits per heavy atom. The van der Waals surface area contributed by atoms with Crippen molar-refractivity contribution in [2.75, 3.05) is 19.8 Å². The van der Waals surface area contributed by atoms with Crippen LogP contribution in [0.5, 0.6) is 11.5 Å². The number of nitrogens with zero attached hydrogens (tertiary/aromatic N) is 1. The summed E-state index contributed by atoms with van der Waals surface area (Å²) in [5.74, 6) is 1.27. The molecule has 6 heteroatoms. The average molecular weight is 330 g/mol. The van der Waals surface area contributed by atoms with Gasteiger partial charge in [0.2, 0.25) is 0 Å². The molecule has 1 aromatic heterocycles. The summed E-state index contributed by atoms with van der Waals surface area (Å²) in [7, 11) is 0. The number of carbonyl (C=O) groups excluding carboxylic acids is 1. The number of amides is 1. The molecule has 0 aliphatic carbocycles. The first kappa shape index (κ1) is 16.4. The van der Waals surface area contributed by atoms with E-state index in [9.17, 15) is 4.79 Å². The second-order valence-electron chi connectivity index (χ2n) is 6.01. The van der Waals surface area contributed by atoms with Crippen LogP contribution < -0.4 is 14.8 Å². The molecule has 0 radical (unpaired) electrons. The van der Waals surface area contributed by atoms with E-state index in [-0.39, 0.29) is 18.6 Å². The van der Waals surface area contributed by atoms with Gasteiger partial charge in [-0.3, -0.25) is 4.79 Å². The zero-order valence-corrected chi connectivity index (χ0v) is 14.1. The lowest BCUT2D eigenvalue weighted by molar-refractivity contribution is 0.0921. The predicted octanol–water partition coefficient (Wildman–Crippen LogP) is 1.98. The lowest BCUT2D eigenvalue weighted by atomic mass is 10.2. The van der Waals surface area contributed by atoms with Crippen LogP contribution in [0.3, 0.4) is 0 Å². The predicted molar refractivity (Wildman–Crippen MR) is 90.2 cm³/mol. The number of hydrogen-bond acceptors (Lipinski definition) is 4. The van der Waals surface area contributed by atoms with E-state index in [1.165, 1.54) is 0 Å². The van der Waals surface area contributed by atoms with E-state index in [2.05, 4.69) is 5.32 Å². The number of ether oxygens (including phenoxy) is 2. The van der Waals surface area contributed by atoms with E-state index in [0.29, 0.717) is 24.5 Å². The molecule has 1 unspecified atom stereocenters. The third-order valence-electron chi connectivity index (χ3n) is 4.11. The highest BCUT2D eigenvalue weighted by Gasteiger charge is 2.19. The number of fused-ring (bicyclic) bond motifs is 1. The lowest BCUT2D eigenvalue weighted by Crippen LogP contribution is -2.35. The Kier molecular flexibility index (Phi) is 4.49. The lowest BCUT2D eigenvalue weighted by Gasteiger charge is -2.20. The highest BCUT2D eigenvalue weighted by atomic mass is 16.6. The summed E-state index contributed by atoms with van der Waals surface area (Å²) in [6.07, 6.45) is 0. The van der Waals surface area contributed by atoms with E-state index in [1.54, 1.807) is 6.92 Å². The number of nitrogens with one attached hydrogen (secondary N) is 1. The van der Waals surface area contributed by atoms with Crippen molar-refractivity contribution in [3.8, 4) is 17.2 Å². The van der Waals surface area contributed by atoms with Crippen LogP contribution in [0.4, 0.5) is 0 Å². The Hall–Kier alpha value is -2.47. The molecule has 0 saturated heterocycles. The summed E-state index contributed by atoms with van der Waals surface area (Å²) in [5, 5.41) is 11.9. The first-order chi connectivity index (χ1) is 11.5. The number of rotatable bonds is 4. The maximum absolute atomic E-state index is 12.4. The van der Waals surface area contributed by atoms with Crippen molar-refractivity contribution in [1.82, 2.24) is 9.88 Å². The third kappa shape index (κ3) is 2.97. The van der Waals surface area contributed by atoms with Crippen molar-refractivity contribution in [2.24, 2.45) is 0 Å². The molecule has 0 spiro atoms. The van der Waals surface area contributed by atoms with Gasteiger partial charge in [-0.05, 0) is 39.0 Å². The number of benzene rings is 1. The molecule has 2 aromatic rings. The van der Waals surface area contributed by atoms with E-state index >= 15 is 0 Å². The van der Waals surface area contributed by atoms with Crippen LogP contribution in [0.25, 0.3) is 5.69 Å². The van der Waals surface area contributed by atoms with Gasteiger partial charge in [-0.15, -0.1) is 0 Å². The molecule has 2 heterocycles. The van der Waals surface area contributed by atoms with E-state index < -0.39 is 0 Å². The summed E-state index contributed by atoms with van der Waals surface area (Å²) >= 11 is 0. The molecule has 24 heavy (non-hydrogen) atoms. The zero-order valence-electron chi connectivity index (χ0n) is 14.1. The van der Waals surface area contributed by atoms with Crippen LogP contribution in [0.1, 0.15) is 28.7 Å². The Bertz CT molecular complexity index is 767. The van der Waals surface area contributed by atoms with Gasteiger partial charge < -0.3 is 24.5 Å². The molecule has 1 amide bonds. The highest BCUT2D eigenvalue weighted by molar-refractivity contribution is 5.96. The molecule has 1 aromatic carbocycles. The van der Waals surface area contributed by atoms with Crippen LogP contribution in [0.15, 0.2) is 24.3 Å². The van der Waals surface area contributed by atoms with Crippen LogP contribution in [0.2, 0.25) is 0 Å². The van der Waals surface area contributed by atoms with Gasteiger partial charge in [0.05, 0.1) is 12.2 Å². The molecule has 1 atom stereocenters. The largest absolute Gasteiger partial charge is 0.486 e. The Morgan fingerprint density at radius 1 is 1.25 bits per heavy atom. The molecule has 0 fully saturated rings. The minimum absolute atomic E-state index is 0.0906. The van der Waals surface area contributed by atoms with Crippen LogP contribution in [0, 0.1) is 13.8 Å². The zero-order chi connectivity index (χ0) is 17.3. The standard InChI is InChI=1S/C18H22N2O4/c1-11(10-21)19-18(22)15-8-12(2)20(13(15)3)14-4-5-16-17(9-14)24-7-6-23-16/h4-5,8-9,11,21H,6-7,10H2,1-3H3,(H,19,22). The summed E-state index contributed by atoms with van der Waals surface area (Å²) < 4.78 is 13.2. The van der Waals surface area contributed by atoms with Gasteiger partial charge in [0, 0.05) is 29.2 Å². The number of aryl methyl sites for hydroxylation is 1. The molecule has 2 N–H and O–H groups in total. The molecule has 1 aliphatic heterocycles. The van der Waals surface area contributed by atoms with Crippen molar-refractivity contribution in [3.05, 3.63) is 41.2 Å². The summed E-state index contributed by atoms with van der Waals surface area (Å²) in [4.78, 5) is 12.4. The fraction of sp³-hybridized carbons (Fsp3) is 0.389. The Labute approximate surface area is 141 Å². The van der Waals surface area contributed by atoms with Crippen LogP contribution >= 0.6 is 0 Å². The van der Waals surface area contributed by atoms with Crippen LogP contribution in [-0.4, -0.2) is 41.4 Å². The number of aromatic nitrogens is 1. The quantitative estimate of drug-likeness (QED) is 0.899. The molecule has 1 aliphatic rings. The summed E-state index contributed by atoms with van der Waals surface area (Å²) in [5.41, 5.74) is 3.31. The van der Waals surface area contributed by atoms with Gasteiger partial charge in [-0.1, -0.05) is 0 Å². The van der Waals surface area contributed by atoms with Crippen molar-refractivity contribution in [1.29, 1.82) is 0 Å². The topological polar surface area (TPSA) is 72.7 Å². The maximum atomic E-state index is 12.4. The number of aliphatic hydroxyl groups excluding tert-OH is 1. The minimum Gasteiger partial charge on any atom is -0.486 e. The smallest absolute Gasteiger partial charge is 0.253 e. The fourth-order valence-electron chi connectivity index (χ4n) is 2.91. The average Bonchev–Trinajstić information content (AvgIpc) is 2.89. The molecule has 3 rings (SSSR count). The molecule has 0 saturated carbocycles. The van der Waals surface area contributed by atoms with Gasteiger partial charge in [0.15, 0.2) is 11.5 Å². The second kappa shape index (κ2) is 6.57. The van der Waals surface area contributed by atoms with Crippen molar-refractivity contribution < 1.29 is 19.4 Å². The van der Waals surface area contributed by atoms with Crippen LogP contribution in [-0.2, 0) is 0 Å². The maximum Gasteiger partial charge on any atom is 0.253 e. The second-order valence-corrected chi connectivity index (χ2v) is 6.01. The number of carbonyl (C=O) groups is 1. The van der Waals surface area contributed by atoms with E-state index in [4.69, 9.17) is 14.6 Å². The first-order valence-corrected chi connectivity index (χ1v) is 8.02. The van der Waals surface area contributed by atoms with Gasteiger partial charge in [-0.25, -0.2) is 0 Å². The number of hydrogen-bond donors (Lipinski definition) is 2. The molecule has 6 nitrogen and oxygen atoms in total. The van der Waals surface area contributed by atoms with Gasteiger partial charge >= 0.3 is 0 Å². The molecule has 128 valence electrons. The van der Waals surface area contributed by atoms with Gasteiger partial charge in [-0.2, -0.15) is 0 Å². The molecular formula is C18H22N2O4. The van der Waals surface area contributed by atoms with Crippen molar-refractivity contribution >= 4 is 5.91 Å². The fourth-order valence-corrected chi connectivity index (χ4v) is 2.91. The normalized spacial score (nSPS) is 14.3. The SMILES string of the molecule is Cc1cc(C(=O)NC(C)CO)c(C)n1-c1ccc2c(c1)OCCO2. The van der Waals surface area contributed by atoms with E-state index in [1.807, 2.05) is 42.7 Å². The van der Waals surface area contributed by atoms with Gasteiger partial charge in [0.1, 0.15) is 13.2 Å². The highest BCUT2D eigenvalue weighted by Crippen LogP contribution is 2.33. The number of aliphatic hydroxyl groups is 1. The minimum atomic E-state index is -0.283. The summed E-state index contributed by atoms with van der Waals surface area (Å²) in [6, 6.07) is 7.33.